The first-order valence-corrected chi connectivity index (χ1v) is 6.57. The zero-order valence-corrected chi connectivity index (χ0v) is 12.6. The second-order valence-electron chi connectivity index (χ2n) is 5.17. The molecule has 0 bridgehead atoms. The molecule has 4 heteroatoms. The lowest BCUT2D eigenvalue weighted by molar-refractivity contribution is 0.339. The first-order valence-electron chi connectivity index (χ1n) is 5.77. The minimum Gasteiger partial charge on any atom is -0.485 e. The van der Waals surface area contributed by atoms with Crippen molar-refractivity contribution in [3.05, 3.63) is 40.6 Å². The molecule has 18 heavy (non-hydrogen) atoms. The predicted molar refractivity (Wildman–Crippen MR) is 76.6 cm³/mol. The van der Waals surface area contributed by atoms with Gasteiger partial charge in [0.15, 0.2) is 11.6 Å². The summed E-state index contributed by atoms with van der Waals surface area (Å²) in [6.07, 6.45) is 0. The molecule has 0 aliphatic heterocycles. The highest BCUT2D eigenvalue weighted by Gasteiger charge is 2.10. The number of ether oxygens (including phenoxy) is 1. The van der Waals surface area contributed by atoms with Crippen LogP contribution in [0.3, 0.4) is 0 Å². The van der Waals surface area contributed by atoms with Crippen LogP contribution in [0.2, 0.25) is 0 Å². The molecular weight excluding hydrogens is 297 g/mol. The van der Waals surface area contributed by atoms with Crippen molar-refractivity contribution in [3.8, 4) is 5.75 Å². The van der Waals surface area contributed by atoms with Gasteiger partial charge in [0.25, 0.3) is 0 Å². The van der Waals surface area contributed by atoms with Gasteiger partial charge in [-0.25, -0.2) is 4.39 Å². The van der Waals surface area contributed by atoms with Crippen molar-refractivity contribution in [2.75, 3.05) is 6.61 Å². The largest absolute Gasteiger partial charge is 0.485 e. The molecule has 100 valence electrons. The van der Waals surface area contributed by atoms with Crippen LogP contribution < -0.4 is 10.1 Å². The van der Waals surface area contributed by atoms with Gasteiger partial charge in [0.1, 0.15) is 6.61 Å². The van der Waals surface area contributed by atoms with Gasteiger partial charge in [0, 0.05) is 16.6 Å². The molecule has 0 aliphatic rings. The molecule has 2 nitrogen and oxygen atoms in total. The maximum Gasteiger partial charge on any atom is 0.165 e. The molecule has 0 atom stereocenters. The quantitative estimate of drug-likeness (QED) is 0.886. The van der Waals surface area contributed by atoms with E-state index in [2.05, 4.69) is 48.6 Å². The highest BCUT2D eigenvalue weighted by molar-refractivity contribution is 9.11. The third-order valence-corrected chi connectivity index (χ3v) is 2.43. The van der Waals surface area contributed by atoms with E-state index in [1.165, 1.54) is 6.07 Å². The first-order chi connectivity index (χ1) is 8.28. The van der Waals surface area contributed by atoms with Crippen LogP contribution in [-0.4, -0.2) is 12.1 Å². The molecule has 0 aromatic heterocycles. The number of hydrogen-bond donors (Lipinski definition) is 1. The van der Waals surface area contributed by atoms with E-state index in [9.17, 15) is 4.39 Å². The maximum atomic E-state index is 13.7. The normalized spacial score (nSPS) is 11.4. The Morgan fingerprint density at radius 2 is 2.11 bits per heavy atom. The van der Waals surface area contributed by atoms with Crippen LogP contribution in [0, 0.1) is 5.82 Å². The van der Waals surface area contributed by atoms with E-state index in [0.29, 0.717) is 11.0 Å². The van der Waals surface area contributed by atoms with Crippen LogP contribution in [0.15, 0.2) is 29.3 Å². The summed E-state index contributed by atoms with van der Waals surface area (Å²) in [5.74, 6) is -0.105. The molecule has 1 N–H and O–H groups in total. The van der Waals surface area contributed by atoms with Gasteiger partial charge in [-0.15, -0.1) is 0 Å². The highest BCUT2D eigenvalue weighted by atomic mass is 79.9. The summed E-state index contributed by atoms with van der Waals surface area (Å²) in [6.45, 7) is 10.7. The summed E-state index contributed by atoms with van der Waals surface area (Å²) in [5, 5.41) is 3.31. The number of benzene rings is 1. The summed E-state index contributed by atoms with van der Waals surface area (Å²) < 4.78 is 19.7. The lowest BCUT2D eigenvalue weighted by Crippen LogP contribution is -2.35. The Kier molecular flexibility index (Phi) is 5.35. The smallest absolute Gasteiger partial charge is 0.165 e. The lowest BCUT2D eigenvalue weighted by atomic mass is 10.1. The second-order valence-corrected chi connectivity index (χ2v) is 6.30. The molecule has 1 aromatic rings. The Balaban J connectivity index is 2.64. The summed E-state index contributed by atoms with van der Waals surface area (Å²) in [5.41, 5.74) is 0.909. The monoisotopic (exact) mass is 315 g/mol. The van der Waals surface area contributed by atoms with E-state index in [1.54, 1.807) is 6.07 Å². The van der Waals surface area contributed by atoms with Gasteiger partial charge in [-0.05, 0) is 38.5 Å². The van der Waals surface area contributed by atoms with Gasteiger partial charge in [-0.1, -0.05) is 28.6 Å². The Labute approximate surface area is 116 Å². The molecule has 0 unspecified atom stereocenters. The molecule has 0 fully saturated rings. The van der Waals surface area contributed by atoms with E-state index in [1.807, 2.05) is 6.07 Å². The van der Waals surface area contributed by atoms with Crippen LogP contribution in [0.5, 0.6) is 5.75 Å². The minimum atomic E-state index is -0.350. The van der Waals surface area contributed by atoms with Gasteiger partial charge >= 0.3 is 0 Å². The minimum absolute atomic E-state index is 0.0132. The molecule has 0 spiro atoms. The van der Waals surface area contributed by atoms with Gasteiger partial charge in [-0.3, -0.25) is 0 Å². The average molecular weight is 316 g/mol. The van der Waals surface area contributed by atoms with E-state index >= 15 is 0 Å². The molecule has 0 radical (unpaired) electrons. The molecule has 0 heterocycles. The molecular formula is C14H19BrFNO. The van der Waals surface area contributed by atoms with Crippen LogP contribution in [0.4, 0.5) is 4.39 Å². The predicted octanol–water partition coefficient (Wildman–Crippen LogP) is 4.00. The molecule has 1 aromatic carbocycles. The van der Waals surface area contributed by atoms with Gasteiger partial charge < -0.3 is 10.1 Å². The number of nitrogens with one attached hydrogen (secondary N) is 1. The van der Waals surface area contributed by atoms with Crippen molar-refractivity contribution in [2.24, 2.45) is 0 Å². The Bertz CT molecular complexity index is 426. The van der Waals surface area contributed by atoms with Gasteiger partial charge in [0.05, 0.1) is 0 Å². The molecule has 0 aliphatic carbocycles. The van der Waals surface area contributed by atoms with E-state index in [4.69, 9.17) is 4.74 Å². The SMILES string of the molecule is C=C(Br)COc1ccc(CNC(C)(C)C)cc1F. The van der Waals surface area contributed by atoms with E-state index < -0.39 is 0 Å². The standard InChI is InChI=1S/C14H19BrFNO/c1-10(15)9-18-13-6-5-11(7-12(13)16)8-17-14(2,3)4/h5-7,17H,1,8-9H2,2-4H3. The van der Waals surface area contributed by atoms with Crippen molar-refractivity contribution < 1.29 is 9.13 Å². The molecule has 0 saturated carbocycles. The number of hydrogen-bond acceptors (Lipinski definition) is 2. The van der Waals surface area contributed by atoms with Crippen LogP contribution in [0.25, 0.3) is 0 Å². The van der Waals surface area contributed by atoms with Crippen molar-refractivity contribution in [2.45, 2.75) is 32.9 Å². The van der Waals surface area contributed by atoms with Gasteiger partial charge in [-0.2, -0.15) is 0 Å². The molecule has 0 saturated heterocycles. The van der Waals surface area contributed by atoms with Crippen LogP contribution in [0.1, 0.15) is 26.3 Å². The van der Waals surface area contributed by atoms with Crippen molar-refractivity contribution in [3.63, 3.8) is 0 Å². The van der Waals surface area contributed by atoms with Crippen molar-refractivity contribution in [1.82, 2.24) is 5.32 Å². The van der Waals surface area contributed by atoms with Crippen molar-refractivity contribution >= 4 is 15.9 Å². The van der Waals surface area contributed by atoms with Gasteiger partial charge in [0.2, 0.25) is 0 Å². The molecule has 1 rings (SSSR count). The topological polar surface area (TPSA) is 21.3 Å². The fraction of sp³-hybridized carbons (Fsp3) is 0.429. The summed E-state index contributed by atoms with van der Waals surface area (Å²) in [6, 6.07) is 4.99. The summed E-state index contributed by atoms with van der Waals surface area (Å²) >= 11 is 3.17. The number of halogens is 2. The fourth-order valence-corrected chi connectivity index (χ4v) is 1.41. The zero-order valence-electron chi connectivity index (χ0n) is 11.0. The summed E-state index contributed by atoms with van der Waals surface area (Å²) in [7, 11) is 0. The summed E-state index contributed by atoms with van der Waals surface area (Å²) in [4.78, 5) is 0. The number of rotatable bonds is 5. The highest BCUT2D eigenvalue weighted by Crippen LogP contribution is 2.20. The first kappa shape index (κ1) is 15.2. The third kappa shape index (κ3) is 5.65. The van der Waals surface area contributed by atoms with Crippen molar-refractivity contribution in [1.29, 1.82) is 0 Å². The third-order valence-electron chi connectivity index (χ3n) is 2.20. The Morgan fingerprint density at radius 3 is 2.61 bits per heavy atom. The van der Waals surface area contributed by atoms with Crippen LogP contribution in [-0.2, 0) is 6.54 Å². The second kappa shape index (κ2) is 6.34. The lowest BCUT2D eigenvalue weighted by Gasteiger charge is -2.20. The van der Waals surface area contributed by atoms with E-state index in [0.717, 1.165) is 5.56 Å². The van der Waals surface area contributed by atoms with Crippen LogP contribution >= 0.6 is 15.9 Å². The fourth-order valence-electron chi connectivity index (χ4n) is 1.29. The van der Waals surface area contributed by atoms with E-state index in [-0.39, 0.29) is 23.7 Å². The molecule has 0 amide bonds. The Hall–Kier alpha value is -0.870. The maximum absolute atomic E-state index is 13.7. The zero-order chi connectivity index (χ0) is 13.8. The average Bonchev–Trinajstić information content (AvgIpc) is 2.24. The Morgan fingerprint density at radius 1 is 1.44 bits per heavy atom.